The first-order valence-corrected chi connectivity index (χ1v) is 15.9. The average molecular weight is 568 g/mol. The molecule has 0 saturated heterocycles. The first-order valence-electron chi connectivity index (χ1n) is 15.9. The largest absolute Gasteiger partial charge is 0.456 e. The molecule has 2 aliphatic rings. The Morgan fingerprint density at radius 1 is 0.500 bits per heavy atom. The van der Waals surface area contributed by atoms with Crippen LogP contribution in [0, 0.1) is 0 Å². The van der Waals surface area contributed by atoms with Crippen molar-refractivity contribution in [2.24, 2.45) is 0 Å². The summed E-state index contributed by atoms with van der Waals surface area (Å²) in [5, 5.41) is 2.28. The molecule has 9 rings (SSSR count). The lowest BCUT2D eigenvalue weighted by atomic mass is 9.68. The lowest BCUT2D eigenvalue weighted by molar-refractivity contribution is 0.353. The molecule has 2 aliphatic carbocycles. The van der Waals surface area contributed by atoms with Gasteiger partial charge in [-0.1, -0.05) is 122 Å². The minimum absolute atomic E-state index is 0.0946. The average Bonchev–Trinajstić information content (AvgIpc) is 3.61. The smallest absolute Gasteiger partial charge is 0.137 e. The predicted octanol–water partition coefficient (Wildman–Crippen LogP) is 12.0. The van der Waals surface area contributed by atoms with E-state index in [2.05, 4.69) is 144 Å². The maximum atomic E-state index is 6.40. The standard InChI is InChI=1S/C42H33NO/c1-3-13-29(14-4-1)30-23-25-31(26-24-30)43(37-20-12-22-39-41(37)33-16-6-8-21-38(33)44-39)36-19-11-18-35-40(36)32-15-5-7-17-34(32)42(35)27-9-2-10-28-42/h1,3-8,11-26H,2,9-10,27-28H2. The zero-order valence-corrected chi connectivity index (χ0v) is 24.7. The van der Waals surface area contributed by atoms with Gasteiger partial charge in [-0.3, -0.25) is 0 Å². The highest BCUT2D eigenvalue weighted by atomic mass is 16.3. The summed E-state index contributed by atoms with van der Waals surface area (Å²) < 4.78 is 6.40. The summed E-state index contributed by atoms with van der Waals surface area (Å²) >= 11 is 0. The molecular formula is C42H33NO. The Hall–Kier alpha value is -5.08. The van der Waals surface area contributed by atoms with Crippen molar-refractivity contribution in [3.05, 3.63) is 151 Å². The lowest BCUT2D eigenvalue weighted by Gasteiger charge is -2.36. The SMILES string of the molecule is c1ccc(-c2ccc(N(c3cccc4c3-c3ccccc3C43CCCCC3)c3cccc4oc5ccccc5c34)cc2)cc1. The number of benzene rings is 6. The molecule has 2 heteroatoms. The summed E-state index contributed by atoms with van der Waals surface area (Å²) in [5.41, 5.74) is 13.6. The molecule has 0 N–H and O–H groups in total. The van der Waals surface area contributed by atoms with E-state index >= 15 is 0 Å². The lowest BCUT2D eigenvalue weighted by Crippen LogP contribution is -2.28. The van der Waals surface area contributed by atoms with E-state index in [-0.39, 0.29) is 5.41 Å². The van der Waals surface area contributed by atoms with Crippen LogP contribution >= 0.6 is 0 Å². The van der Waals surface area contributed by atoms with Crippen LogP contribution in [0.4, 0.5) is 17.1 Å². The second-order valence-corrected chi connectivity index (χ2v) is 12.4. The number of hydrogen-bond acceptors (Lipinski definition) is 2. The van der Waals surface area contributed by atoms with Crippen molar-refractivity contribution in [1.29, 1.82) is 0 Å². The molecule has 212 valence electrons. The van der Waals surface area contributed by atoms with Gasteiger partial charge < -0.3 is 9.32 Å². The molecule has 1 fully saturated rings. The molecule has 6 aromatic carbocycles. The van der Waals surface area contributed by atoms with E-state index in [1.54, 1.807) is 0 Å². The molecule has 2 nitrogen and oxygen atoms in total. The highest BCUT2D eigenvalue weighted by Gasteiger charge is 2.45. The van der Waals surface area contributed by atoms with E-state index in [4.69, 9.17) is 4.42 Å². The fraction of sp³-hybridized carbons (Fsp3) is 0.143. The summed E-state index contributed by atoms with van der Waals surface area (Å²) in [6.07, 6.45) is 6.32. The van der Waals surface area contributed by atoms with Crippen LogP contribution in [0.3, 0.4) is 0 Å². The third-order valence-electron chi connectivity index (χ3n) is 10.1. The zero-order chi connectivity index (χ0) is 29.1. The molecule has 1 heterocycles. The Morgan fingerprint density at radius 2 is 1.16 bits per heavy atom. The topological polar surface area (TPSA) is 16.4 Å². The third-order valence-corrected chi connectivity index (χ3v) is 10.1. The fourth-order valence-corrected chi connectivity index (χ4v) is 8.15. The van der Waals surface area contributed by atoms with Gasteiger partial charge in [-0.25, -0.2) is 0 Å². The van der Waals surface area contributed by atoms with Crippen LogP contribution in [0.5, 0.6) is 0 Å². The molecule has 0 atom stereocenters. The summed E-state index contributed by atoms with van der Waals surface area (Å²) in [7, 11) is 0. The van der Waals surface area contributed by atoms with Gasteiger partial charge in [0.15, 0.2) is 0 Å². The normalized spacial score (nSPS) is 15.0. The number of hydrogen-bond donors (Lipinski definition) is 0. The molecule has 1 saturated carbocycles. The number of nitrogens with zero attached hydrogens (tertiary/aromatic N) is 1. The second-order valence-electron chi connectivity index (χ2n) is 12.4. The Morgan fingerprint density at radius 3 is 2.02 bits per heavy atom. The van der Waals surface area contributed by atoms with Crippen molar-refractivity contribution in [2.75, 3.05) is 4.90 Å². The zero-order valence-electron chi connectivity index (χ0n) is 24.7. The van der Waals surface area contributed by atoms with E-state index in [1.165, 1.54) is 71.2 Å². The minimum Gasteiger partial charge on any atom is -0.456 e. The number of rotatable bonds is 4. The predicted molar refractivity (Wildman–Crippen MR) is 183 cm³/mol. The molecule has 0 amide bonds. The van der Waals surface area contributed by atoms with Gasteiger partial charge in [-0.05, 0) is 77.1 Å². The van der Waals surface area contributed by atoms with Gasteiger partial charge in [0.05, 0.1) is 16.8 Å². The summed E-state index contributed by atoms with van der Waals surface area (Å²) in [6, 6.07) is 50.8. The fourth-order valence-electron chi connectivity index (χ4n) is 8.15. The molecule has 7 aromatic rings. The highest BCUT2D eigenvalue weighted by Crippen LogP contribution is 2.59. The van der Waals surface area contributed by atoms with Crippen molar-refractivity contribution in [2.45, 2.75) is 37.5 Å². The number of anilines is 3. The maximum Gasteiger partial charge on any atom is 0.137 e. The molecule has 44 heavy (non-hydrogen) atoms. The first-order chi connectivity index (χ1) is 21.8. The Labute approximate surface area is 258 Å². The van der Waals surface area contributed by atoms with Crippen LogP contribution in [0.1, 0.15) is 43.2 Å². The molecular weight excluding hydrogens is 534 g/mol. The van der Waals surface area contributed by atoms with Crippen LogP contribution in [-0.2, 0) is 5.41 Å². The monoisotopic (exact) mass is 567 g/mol. The summed E-state index contributed by atoms with van der Waals surface area (Å²) in [5.74, 6) is 0. The molecule has 1 aromatic heterocycles. The quantitative estimate of drug-likeness (QED) is 0.210. The van der Waals surface area contributed by atoms with E-state index in [0.29, 0.717) is 0 Å². The molecule has 1 spiro atoms. The van der Waals surface area contributed by atoms with Crippen LogP contribution in [0.25, 0.3) is 44.2 Å². The van der Waals surface area contributed by atoms with Crippen LogP contribution in [0.15, 0.2) is 144 Å². The van der Waals surface area contributed by atoms with Crippen molar-refractivity contribution >= 4 is 39.0 Å². The van der Waals surface area contributed by atoms with Gasteiger partial charge in [-0.2, -0.15) is 0 Å². The van der Waals surface area contributed by atoms with Gasteiger partial charge in [-0.15, -0.1) is 0 Å². The first kappa shape index (κ1) is 25.4. The van der Waals surface area contributed by atoms with E-state index in [0.717, 1.165) is 33.3 Å². The van der Waals surface area contributed by atoms with Gasteiger partial charge in [0.25, 0.3) is 0 Å². The van der Waals surface area contributed by atoms with Crippen molar-refractivity contribution in [1.82, 2.24) is 0 Å². The second kappa shape index (κ2) is 9.99. The van der Waals surface area contributed by atoms with Gasteiger partial charge in [0, 0.05) is 22.1 Å². The summed E-state index contributed by atoms with van der Waals surface area (Å²) in [6.45, 7) is 0. The van der Waals surface area contributed by atoms with Crippen LogP contribution in [0.2, 0.25) is 0 Å². The number of furan rings is 1. The Kier molecular flexibility index (Phi) is 5.77. The summed E-state index contributed by atoms with van der Waals surface area (Å²) in [4.78, 5) is 2.48. The Bertz CT molecular complexity index is 2150. The van der Waals surface area contributed by atoms with E-state index < -0.39 is 0 Å². The van der Waals surface area contributed by atoms with Crippen molar-refractivity contribution in [3.8, 4) is 22.3 Å². The maximum absolute atomic E-state index is 6.40. The van der Waals surface area contributed by atoms with Gasteiger partial charge in [0.2, 0.25) is 0 Å². The molecule has 0 unspecified atom stereocenters. The Balaban J connectivity index is 1.33. The van der Waals surface area contributed by atoms with Crippen molar-refractivity contribution < 1.29 is 4.42 Å². The number of fused-ring (bicyclic) bond motifs is 8. The molecule has 0 radical (unpaired) electrons. The van der Waals surface area contributed by atoms with Crippen LogP contribution in [-0.4, -0.2) is 0 Å². The number of para-hydroxylation sites is 1. The van der Waals surface area contributed by atoms with E-state index in [9.17, 15) is 0 Å². The molecule has 0 bridgehead atoms. The van der Waals surface area contributed by atoms with Crippen LogP contribution < -0.4 is 4.90 Å². The van der Waals surface area contributed by atoms with Crippen molar-refractivity contribution in [3.63, 3.8) is 0 Å². The van der Waals surface area contributed by atoms with E-state index in [1.807, 2.05) is 0 Å². The molecule has 0 aliphatic heterocycles. The third kappa shape index (κ3) is 3.74. The van der Waals surface area contributed by atoms with Gasteiger partial charge >= 0.3 is 0 Å². The van der Waals surface area contributed by atoms with Gasteiger partial charge in [0.1, 0.15) is 11.2 Å². The highest BCUT2D eigenvalue weighted by molar-refractivity contribution is 6.14. The minimum atomic E-state index is 0.0946.